The predicted octanol–water partition coefficient (Wildman–Crippen LogP) is 4.10. The summed E-state index contributed by atoms with van der Waals surface area (Å²) in [5.41, 5.74) is 0.759. The first-order valence-corrected chi connectivity index (χ1v) is 7.73. The van der Waals surface area contributed by atoms with Crippen molar-refractivity contribution in [2.24, 2.45) is 5.92 Å². The average molecular weight is 329 g/mol. The molecule has 0 unspecified atom stereocenters. The van der Waals surface area contributed by atoms with Gasteiger partial charge in [-0.05, 0) is 25.0 Å². The van der Waals surface area contributed by atoms with Crippen LogP contribution in [0.3, 0.4) is 0 Å². The van der Waals surface area contributed by atoms with Crippen molar-refractivity contribution in [2.75, 3.05) is 18.4 Å². The van der Waals surface area contributed by atoms with E-state index in [1.54, 1.807) is 0 Å². The molecule has 0 aliphatic carbocycles. The molecule has 1 aromatic heterocycles. The Labute approximate surface area is 128 Å². The van der Waals surface area contributed by atoms with E-state index in [2.05, 4.69) is 10.3 Å². The quantitative estimate of drug-likeness (QED) is 0.856. The minimum Gasteiger partial charge on any atom is -0.324 e. The highest BCUT2D eigenvalue weighted by molar-refractivity contribution is 7.22. The topological polar surface area (TPSA) is 45.2 Å². The number of fused-ring (bicyclic) bond motifs is 1. The van der Waals surface area contributed by atoms with Crippen molar-refractivity contribution in [3.8, 4) is 0 Å². The Hall–Kier alpha value is -1.83. The van der Waals surface area contributed by atoms with E-state index >= 15 is 0 Å². The predicted molar refractivity (Wildman–Crippen MR) is 79.0 cm³/mol. The molecule has 22 heavy (non-hydrogen) atoms. The molecular formula is C14H14F3N3OS. The lowest BCUT2D eigenvalue weighted by molar-refractivity contribution is -0.183. The van der Waals surface area contributed by atoms with E-state index in [4.69, 9.17) is 0 Å². The highest BCUT2D eigenvalue weighted by atomic mass is 32.1. The molecule has 1 aromatic carbocycles. The molecule has 8 heteroatoms. The van der Waals surface area contributed by atoms with Gasteiger partial charge < -0.3 is 4.90 Å². The lowest BCUT2D eigenvalue weighted by Crippen LogP contribution is -2.46. The van der Waals surface area contributed by atoms with E-state index in [1.807, 2.05) is 24.3 Å². The molecular weight excluding hydrogens is 315 g/mol. The van der Waals surface area contributed by atoms with E-state index in [1.165, 1.54) is 16.2 Å². The summed E-state index contributed by atoms with van der Waals surface area (Å²) in [4.78, 5) is 17.6. The number of nitrogens with zero attached hydrogens (tertiary/aromatic N) is 2. The summed E-state index contributed by atoms with van der Waals surface area (Å²) < 4.78 is 39.2. The fourth-order valence-corrected chi connectivity index (χ4v) is 3.38. The normalized spacial score (nSPS) is 19.4. The van der Waals surface area contributed by atoms with E-state index in [0.29, 0.717) is 18.1 Å². The molecule has 0 bridgehead atoms. The van der Waals surface area contributed by atoms with E-state index in [-0.39, 0.29) is 13.0 Å². The first-order chi connectivity index (χ1) is 10.4. The van der Waals surface area contributed by atoms with Gasteiger partial charge in [-0.15, -0.1) is 0 Å². The van der Waals surface area contributed by atoms with Crippen LogP contribution in [0.15, 0.2) is 24.3 Å². The van der Waals surface area contributed by atoms with Crippen LogP contribution >= 0.6 is 11.3 Å². The van der Waals surface area contributed by atoms with Gasteiger partial charge in [-0.1, -0.05) is 23.5 Å². The summed E-state index contributed by atoms with van der Waals surface area (Å²) in [7, 11) is 0. The third-order valence-corrected chi connectivity index (χ3v) is 4.63. The maximum Gasteiger partial charge on any atom is 0.393 e. The van der Waals surface area contributed by atoms with Gasteiger partial charge in [0.05, 0.1) is 16.1 Å². The minimum atomic E-state index is -4.26. The fourth-order valence-electron chi connectivity index (χ4n) is 2.52. The van der Waals surface area contributed by atoms with Crippen molar-refractivity contribution in [2.45, 2.75) is 19.0 Å². The molecule has 3 rings (SSSR count). The lowest BCUT2D eigenvalue weighted by Gasteiger charge is -2.33. The Morgan fingerprint density at radius 1 is 1.36 bits per heavy atom. The molecule has 1 saturated heterocycles. The van der Waals surface area contributed by atoms with Crippen molar-refractivity contribution >= 4 is 32.7 Å². The molecule has 1 aliphatic rings. The SMILES string of the molecule is O=C(Nc1nc2ccccc2s1)N1CCC[C@@H](C(F)(F)F)C1. The minimum absolute atomic E-state index is 0.0778. The molecule has 2 aromatic rings. The molecule has 0 spiro atoms. The van der Waals surface area contributed by atoms with Gasteiger partial charge in [0.25, 0.3) is 0 Å². The smallest absolute Gasteiger partial charge is 0.324 e. The van der Waals surface area contributed by atoms with Gasteiger partial charge in [-0.25, -0.2) is 9.78 Å². The fraction of sp³-hybridized carbons (Fsp3) is 0.429. The molecule has 4 nitrogen and oxygen atoms in total. The Kier molecular flexibility index (Phi) is 3.94. The van der Waals surface area contributed by atoms with Gasteiger partial charge >= 0.3 is 12.2 Å². The number of likely N-dealkylation sites (tertiary alicyclic amines) is 1. The number of urea groups is 1. The molecule has 1 N–H and O–H groups in total. The molecule has 0 saturated carbocycles. The van der Waals surface area contributed by atoms with Crippen LogP contribution in [0.4, 0.5) is 23.1 Å². The first kappa shape index (κ1) is 15.1. The van der Waals surface area contributed by atoms with Crippen molar-refractivity contribution in [1.82, 2.24) is 9.88 Å². The zero-order valence-corrected chi connectivity index (χ0v) is 12.4. The molecule has 2 heterocycles. The van der Waals surface area contributed by atoms with E-state index in [0.717, 1.165) is 10.2 Å². The monoisotopic (exact) mass is 329 g/mol. The summed E-state index contributed by atoms with van der Waals surface area (Å²) in [6, 6.07) is 6.88. The Morgan fingerprint density at radius 3 is 2.86 bits per heavy atom. The summed E-state index contributed by atoms with van der Waals surface area (Å²) in [5, 5.41) is 3.00. The zero-order chi connectivity index (χ0) is 15.7. The molecule has 1 atom stereocenters. The van der Waals surface area contributed by atoms with Crippen LogP contribution in [0.5, 0.6) is 0 Å². The number of carbonyl (C=O) groups is 1. The third-order valence-electron chi connectivity index (χ3n) is 3.68. The Morgan fingerprint density at radius 2 is 2.14 bits per heavy atom. The number of anilines is 1. The van der Waals surface area contributed by atoms with Crippen molar-refractivity contribution in [3.05, 3.63) is 24.3 Å². The van der Waals surface area contributed by atoms with Gasteiger partial charge in [0, 0.05) is 13.1 Å². The largest absolute Gasteiger partial charge is 0.393 e. The van der Waals surface area contributed by atoms with E-state index in [9.17, 15) is 18.0 Å². The molecule has 0 radical (unpaired) electrons. The van der Waals surface area contributed by atoms with Crippen LogP contribution in [0.2, 0.25) is 0 Å². The van der Waals surface area contributed by atoms with Gasteiger partial charge in [0.15, 0.2) is 5.13 Å². The Bertz CT molecular complexity index is 652. The number of carbonyl (C=O) groups excluding carboxylic acids is 1. The van der Waals surface area contributed by atoms with Crippen LogP contribution in [-0.2, 0) is 0 Å². The highest BCUT2D eigenvalue weighted by Crippen LogP contribution is 2.33. The second-order valence-electron chi connectivity index (χ2n) is 5.24. The van der Waals surface area contributed by atoms with Crippen molar-refractivity contribution < 1.29 is 18.0 Å². The van der Waals surface area contributed by atoms with Crippen LogP contribution in [-0.4, -0.2) is 35.2 Å². The number of hydrogen-bond acceptors (Lipinski definition) is 3. The van der Waals surface area contributed by atoms with E-state index < -0.39 is 18.1 Å². The first-order valence-electron chi connectivity index (χ1n) is 6.92. The van der Waals surface area contributed by atoms with Gasteiger partial charge in [-0.3, -0.25) is 5.32 Å². The summed E-state index contributed by atoms with van der Waals surface area (Å²) in [6.45, 7) is 0.0452. The number of hydrogen-bond donors (Lipinski definition) is 1. The molecule has 1 aliphatic heterocycles. The maximum atomic E-state index is 12.8. The number of nitrogens with one attached hydrogen (secondary N) is 1. The lowest BCUT2D eigenvalue weighted by atomic mass is 9.98. The standard InChI is InChI=1S/C14H14F3N3OS/c15-14(16,17)9-4-3-7-20(8-9)13(21)19-12-18-10-5-1-2-6-11(10)22-12/h1-2,5-6,9H,3-4,7-8H2,(H,18,19,21)/t9-/m1/s1. The average Bonchev–Trinajstić information content (AvgIpc) is 2.88. The Balaban J connectivity index is 1.68. The van der Waals surface area contributed by atoms with Gasteiger partial charge in [-0.2, -0.15) is 13.2 Å². The summed E-state index contributed by atoms with van der Waals surface area (Å²) >= 11 is 1.30. The van der Waals surface area contributed by atoms with Crippen LogP contribution in [0.1, 0.15) is 12.8 Å². The van der Waals surface area contributed by atoms with Crippen molar-refractivity contribution in [3.63, 3.8) is 0 Å². The number of halogens is 3. The molecule has 2 amide bonds. The maximum absolute atomic E-state index is 12.8. The van der Waals surface area contributed by atoms with Crippen LogP contribution in [0.25, 0.3) is 10.2 Å². The highest BCUT2D eigenvalue weighted by Gasteiger charge is 2.42. The summed E-state index contributed by atoms with van der Waals surface area (Å²) in [5.74, 6) is -1.44. The van der Waals surface area contributed by atoms with Gasteiger partial charge in [0.1, 0.15) is 0 Å². The van der Waals surface area contributed by atoms with Crippen LogP contribution in [0, 0.1) is 5.92 Å². The molecule has 118 valence electrons. The molecule has 1 fully saturated rings. The number of benzene rings is 1. The number of para-hydroxylation sites is 1. The zero-order valence-electron chi connectivity index (χ0n) is 11.6. The summed E-state index contributed by atoms with van der Waals surface area (Å²) in [6.07, 6.45) is -3.82. The number of alkyl halides is 3. The number of amides is 2. The second-order valence-corrected chi connectivity index (χ2v) is 6.27. The number of piperidine rings is 1. The van der Waals surface area contributed by atoms with Crippen LogP contribution < -0.4 is 5.32 Å². The second kappa shape index (κ2) is 5.75. The number of aromatic nitrogens is 1. The third kappa shape index (κ3) is 3.16. The van der Waals surface area contributed by atoms with Gasteiger partial charge in [0.2, 0.25) is 0 Å². The number of thiazole rings is 1. The number of rotatable bonds is 1. The van der Waals surface area contributed by atoms with Crippen molar-refractivity contribution in [1.29, 1.82) is 0 Å².